The number of hydrogen-bond donors (Lipinski definition) is 5. The van der Waals surface area contributed by atoms with E-state index in [-0.39, 0.29) is 24.5 Å². The zero-order valence-electron chi connectivity index (χ0n) is 40.1. The number of nitrogens with zero attached hydrogens (tertiary/aromatic N) is 4. The number of aliphatic hydroxyl groups is 2. The molecule has 36 heteroatoms. The summed E-state index contributed by atoms with van der Waals surface area (Å²) in [5.74, 6) is 1.84. The van der Waals surface area contributed by atoms with Gasteiger partial charge in [0.1, 0.15) is 24.6 Å². The number of aromatic nitrogens is 4. The first-order chi connectivity index (χ1) is 32.5. The number of aliphatic hydroxyl groups excluding tert-OH is 2. The summed E-state index contributed by atoms with van der Waals surface area (Å²) in [6, 6.07) is 16.7. The minimum absolute atomic E-state index is 0. The fourth-order valence-electron chi connectivity index (χ4n) is 3.98. The Morgan fingerprint density at radius 3 is 1.51 bits per heavy atom. The molecule has 0 aliphatic heterocycles. The third-order valence-electron chi connectivity index (χ3n) is 6.59. The molecule has 0 aliphatic carbocycles. The smallest absolute Gasteiger partial charge is 0.329 e. The number of aryl methyl sites for hydroxylation is 1. The number of fused-ring (bicyclic) bond motifs is 1. The van der Waals surface area contributed by atoms with Gasteiger partial charge in [-0.05, 0) is 56.5 Å². The van der Waals surface area contributed by atoms with Crippen molar-refractivity contribution in [1.29, 1.82) is 0 Å². The summed E-state index contributed by atoms with van der Waals surface area (Å²) < 4.78 is 209. The van der Waals surface area contributed by atoms with Crippen molar-refractivity contribution < 1.29 is 124 Å². The summed E-state index contributed by atoms with van der Waals surface area (Å²) in [4.78, 5) is 12.6. The Morgan fingerprint density at radius 1 is 0.703 bits per heavy atom. The number of benzene rings is 3. The van der Waals surface area contributed by atoms with Gasteiger partial charge in [0.2, 0.25) is 0 Å². The third kappa shape index (κ3) is 60.8. The van der Waals surface area contributed by atoms with E-state index in [0.29, 0.717) is 60.7 Å². The van der Waals surface area contributed by atoms with Crippen molar-refractivity contribution in [3.8, 4) is 11.5 Å². The van der Waals surface area contributed by atoms with Crippen LogP contribution in [0.15, 0.2) is 79.6 Å². The Kier molecular flexibility index (Phi) is 32.4. The minimum atomic E-state index is -10.7. The van der Waals surface area contributed by atoms with Gasteiger partial charge >= 0.3 is 118 Å². The number of imidazole rings is 1. The first kappa shape index (κ1) is 79.2. The summed E-state index contributed by atoms with van der Waals surface area (Å²) in [5.41, 5.74) is 13.8. The van der Waals surface area contributed by atoms with Gasteiger partial charge in [-0.2, -0.15) is 0 Å². The standard InChI is InChI=1S/C20H17ClFN5O2.C10H14.C4H10O.C2H8N2.2CH4O.3F6P.Ru/c1-28-18-10-17-14(9-19(18)29-7-6-27-5-4-23-12-27)20(25-11-24-17)26-13-2-3-16(22)15(21)8-13;1-8(2)10-6-4-9(3)5-7-10;1-3-5-4-2;3-1-2-4;2*1-2;3*1-7(2,3,4,5)6;/h2-5,8-12H,6-7H2,1H3,(H,24,25,26);4-8H,1-3H3;3-4H2,1-2H3;1-4H2;2*2H,1H3;;;;/q;;;;;;3*-1;+5. The predicted octanol–water partition coefficient (Wildman–Crippen LogP) is 16.9. The average Bonchev–Trinajstić information content (AvgIpc) is 3.75. The van der Waals surface area contributed by atoms with Crippen LogP contribution in [0.4, 0.5) is 91.4 Å². The van der Waals surface area contributed by atoms with Crippen molar-refractivity contribution in [3.05, 3.63) is 102 Å². The van der Waals surface area contributed by atoms with Crippen LogP contribution in [-0.2, 0) is 30.8 Å². The Bertz CT molecular complexity index is 2210. The van der Waals surface area contributed by atoms with E-state index in [1.807, 2.05) is 30.7 Å². The van der Waals surface area contributed by atoms with Crippen LogP contribution >= 0.6 is 35.0 Å². The largest absolute Gasteiger partial charge is 5.00 e. The molecule has 2 heterocycles. The van der Waals surface area contributed by atoms with Gasteiger partial charge in [-0.1, -0.05) is 55.3 Å². The van der Waals surface area contributed by atoms with Crippen LogP contribution in [0, 0.1) is 12.7 Å². The molecule has 0 atom stereocenters. The van der Waals surface area contributed by atoms with E-state index in [1.165, 1.54) is 29.6 Å². The Labute approximate surface area is 430 Å². The average molecular weight is 1280 g/mol. The van der Waals surface area contributed by atoms with E-state index in [4.69, 9.17) is 47.5 Å². The second-order valence-electron chi connectivity index (χ2n) is 13.4. The predicted molar refractivity (Wildman–Crippen MR) is 251 cm³/mol. The number of nitrogens with one attached hydrogen (secondary N) is 1. The van der Waals surface area contributed by atoms with Crippen LogP contribution in [0.1, 0.15) is 44.7 Å². The van der Waals surface area contributed by atoms with Crippen molar-refractivity contribution in [2.24, 2.45) is 11.5 Å². The Balaban J connectivity index is -0.000000291. The molecule has 7 N–H and O–H groups in total. The maximum absolute atomic E-state index is 13.4. The van der Waals surface area contributed by atoms with E-state index in [0.717, 1.165) is 32.8 Å². The molecule has 2 aromatic heterocycles. The molecular formula is C38H57ClF19N7O5P3Ru+2. The zero-order valence-corrected chi connectivity index (χ0v) is 45.3. The van der Waals surface area contributed by atoms with Crippen LogP contribution in [0.3, 0.4) is 0 Å². The quantitative estimate of drug-likeness (QED) is 0.0483. The molecular weight excluding hydrogens is 1220 g/mol. The summed E-state index contributed by atoms with van der Waals surface area (Å²) >= 11 is 5.87. The molecule has 0 bridgehead atoms. The SMILES string of the molecule is CCOCC.CO.CO.COc1cc2ncnc(Nc3ccc(F)c(Cl)c3)c2cc1OCCn1ccnc1.Cc1ccc(C(C)C)cc1.F[P-](F)(F)(F)(F)F.F[P-](F)(F)(F)(F)F.F[P-](F)(F)(F)(F)F.NCCN.[Ru+5]. The number of halogens is 20. The summed E-state index contributed by atoms with van der Waals surface area (Å²) in [6.45, 7) is 14.5. The van der Waals surface area contributed by atoms with E-state index in [1.54, 1.807) is 31.8 Å². The molecule has 12 nitrogen and oxygen atoms in total. The van der Waals surface area contributed by atoms with Crippen LogP contribution in [0.25, 0.3) is 10.9 Å². The first-order valence-electron chi connectivity index (χ1n) is 19.8. The second-order valence-corrected chi connectivity index (χ2v) is 19.6. The molecule has 0 saturated heterocycles. The van der Waals surface area contributed by atoms with Crippen molar-refractivity contribution in [2.75, 3.05) is 59.6 Å². The van der Waals surface area contributed by atoms with Gasteiger partial charge in [0.05, 0.1) is 30.5 Å². The van der Waals surface area contributed by atoms with Crippen LogP contribution in [-0.4, -0.2) is 84.0 Å². The first-order valence-corrected chi connectivity index (χ1v) is 26.2. The third-order valence-corrected chi connectivity index (χ3v) is 6.88. The van der Waals surface area contributed by atoms with Gasteiger partial charge in [0, 0.05) is 70.1 Å². The molecule has 435 valence electrons. The van der Waals surface area contributed by atoms with Gasteiger partial charge in [-0.3, -0.25) is 0 Å². The monoisotopic (exact) mass is 1280 g/mol. The number of anilines is 2. The van der Waals surface area contributed by atoms with Crippen LogP contribution in [0.2, 0.25) is 5.02 Å². The fraction of sp³-hybridized carbons (Fsp3) is 0.395. The van der Waals surface area contributed by atoms with Gasteiger partial charge in [-0.25, -0.2) is 19.3 Å². The molecule has 0 saturated carbocycles. The molecule has 0 unspecified atom stereocenters. The number of nitrogens with two attached hydrogens (primary N) is 2. The van der Waals surface area contributed by atoms with Gasteiger partial charge < -0.3 is 45.8 Å². The number of methoxy groups -OCH3 is 1. The van der Waals surface area contributed by atoms with Gasteiger partial charge in [-0.15, -0.1) is 0 Å². The molecule has 3 aromatic carbocycles. The Hall–Kier alpha value is -3.72. The fourth-order valence-corrected chi connectivity index (χ4v) is 4.16. The van der Waals surface area contributed by atoms with Crippen molar-refractivity contribution in [3.63, 3.8) is 0 Å². The van der Waals surface area contributed by atoms with Crippen molar-refractivity contribution >= 4 is 57.4 Å². The van der Waals surface area contributed by atoms with Gasteiger partial charge in [0.15, 0.2) is 11.5 Å². The molecule has 74 heavy (non-hydrogen) atoms. The van der Waals surface area contributed by atoms with Crippen LogP contribution < -0.4 is 26.3 Å². The summed E-state index contributed by atoms with van der Waals surface area (Å²) in [5, 5.41) is 17.9. The van der Waals surface area contributed by atoms with E-state index >= 15 is 0 Å². The van der Waals surface area contributed by atoms with E-state index in [2.05, 4.69) is 65.3 Å². The van der Waals surface area contributed by atoms with Crippen LogP contribution in [0.5, 0.6) is 11.5 Å². The molecule has 0 fully saturated rings. The van der Waals surface area contributed by atoms with E-state index < -0.39 is 29.2 Å². The normalized spacial score (nSPS) is 13.4. The second kappa shape index (κ2) is 30.3. The molecule has 0 spiro atoms. The maximum Gasteiger partial charge on any atom is 5.00 e. The van der Waals surface area contributed by atoms with Crippen molar-refractivity contribution in [2.45, 2.75) is 47.1 Å². The summed E-state index contributed by atoms with van der Waals surface area (Å²) in [7, 11) is -28.4. The number of hydrogen-bond acceptors (Lipinski definition) is 11. The topological polar surface area (TPSA) is 176 Å². The molecule has 0 amide bonds. The number of rotatable bonds is 11. The Morgan fingerprint density at radius 2 is 1.16 bits per heavy atom. The minimum Gasteiger partial charge on any atom is -0.329 e. The van der Waals surface area contributed by atoms with E-state index in [9.17, 15) is 79.9 Å². The molecule has 5 rings (SSSR count). The van der Waals surface area contributed by atoms with Crippen molar-refractivity contribution in [1.82, 2.24) is 19.5 Å². The van der Waals surface area contributed by atoms with Gasteiger partial charge in [0.25, 0.3) is 0 Å². The molecule has 5 aromatic rings. The molecule has 1 radical (unpaired) electrons. The summed E-state index contributed by atoms with van der Waals surface area (Å²) in [6.07, 6.45) is 6.75. The maximum atomic E-state index is 13.4. The molecule has 0 aliphatic rings. The number of ether oxygens (including phenoxy) is 3. The zero-order chi connectivity index (χ0) is 58.5.